The van der Waals surface area contributed by atoms with Crippen molar-refractivity contribution >= 4 is 5.57 Å². The van der Waals surface area contributed by atoms with Gasteiger partial charge >= 0.3 is 0 Å². The molecule has 1 aromatic heterocycles. The van der Waals surface area contributed by atoms with Gasteiger partial charge in [-0.3, -0.25) is 4.98 Å². The molecule has 1 rings (SSSR count). The van der Waals surface area contributed by atoms with Crippen LogP contribution >= 0.6 is 0 Å². The van der Waals surface area contributed by atoms with Gasteiger partial charge in [-0.25, -0.2) is 0 Å². The van der Waals surface area contributed by atoms with E-state index in [4.69, 9.17) is 2.74 Å². The Morgan fingerprint density at radius 1 is 1.67 bits per heavy atom. The van der Waals surface area contributed by atoms with Gasteiger partial charge in [0.05, 0.1) is 8.44 Å². The Morgan fingerprint density at radius 2 is 2.50 bits per heavy atom. The van der Waals surface area contributed by atoms with Crippen molar-refractivity contribution < 1.29 is 2.74 Å². The molecule has 0 saturated carbocycles. The highest BCUT2D eigenvalue weighted by Crippen LogP contribution is 2.08. The van der Waals surface area contributed by atoms with E-state index in [1.54, 1.807) is 18.2 Å². The van der Waals surface area contributed by atoms with E-state index in [9.17, 15) is 0 Å². The minimum atomic E-state index is 0.103. The lowest BCUT2D eigenvalue weighted by atomic mass is 10.2. The third-order valence-corrected chi connectivity index (χ3v) is 1.29. The summed E-state index contributed by atoms with van der Waals surface area (Å²) in [5.41, 5.74) is 1.06. The van der Waals surface area contributed by atoms with E-state index in [1.165, 1.54) is 12.3 Å². The Balaban J connectivity index is 3.07. The predicted octanol–water partition coefficient (Wildman–Crippen LogP) is 2.84. The molecule has 0 unspecified atom stereocenters. The molecule has 0 aliphatic carbocycles. The van der Waals surface area contributed by atoms with E-state index in [2.05, 4.69) is 18.1 Å². The second-order valence-electron chi connectivity index (χ2n) is 2.18. The van der Waals surface area contributed by atoms with Crippen molar-refractivity contribution in [1.29, 1.82) is 0 Å². The SMILES string of the molecule is [2H]c1ccnc(C(=C)C=CC=C)c1[2H]. The molecule has 0 atom stereocenters. The van der Waals surface area contributed by atoms with Crippen molar-refractivity contribution in [1.82, 2.24) is 4.98 Å². The summed E-state index contributed by atoms with van der Waals surface area (Å²) in [4.78, 5) is 4.00. The minimum absolute atomic E-state index is 0.103. The number of hydrogen-bond acceptors (Lipinski definition) is 1. The van der Waals surface area contributed by atoms with Crippen LogP contribution < -0.4 is 0 Å². The molecule has 0 aromatic carbocycles. The van der Waals surface area contributed by atoms with E-state index in [-0.39, 0.29) is 12.1 Å². The number of pyridine rings is 1. The third-order valence-electron chi connectivity index (χ3n) is 1.29. The fourth-order valence-electron chi connectivity index (χ4n) is 0.718. The molecular weight excluding hydrogens is 146 g/mol. The molecule has 12 heavy (non-hydrogen) atoms. The highest BCUT2D eigenvalue weighted by atomic mass is 14.7. The van der Waals surface area contributed by atoms with Gasteiger partial charge in [-0.1, -0.05) is 37.4 Å². The zero-order valence-electron chi connectivity index (χ0n) is 8.75. The second-order valence-corrected chi connectivity index (χ2v) is 2.18. The van der Waals surface area contributed by atoms with Gasteiger partial charge in [0.25, 0.3) is 0 Å². The van der Waals surface area contributed by atoms with Crippen LogP contribution in [0.2, 0.25) is 0 Å². The molecule has 0 N–H and O–H groups in total. The molecule has 0 saturated heterocycles. The summed E-state index contributed by atoms with van der Waals surface area (Å²) in [6.07, 6.45) is 6.56. The van der Waals surface area contributed by atoms with E-state index < -0.39 is 0 Å². The smallest absolute Gasteiger partial charge is 0.0695 e. The Kier molecular flexibility index (Phi) is 2.13. The maximum atomic E-state index is 7.59. The second kappa shape index (κ2) is 4.29. The van der Waals surface area contributed by atoms with Crippen LogP contribution in [0.25, 0.3) is 5.57 Å². The van der Waals surface area contributed by atoms with Crippen LogP contribution in [-0.4, -0.2) is 4.98 Å². The molecule has 1 heterocycles. The molecule has 1 nitrogen and oxygen atoms in total. The Hall–Kier alpha value is -1.63. The number of hydrogen-bond donors (Lipinski definition) is 0. The Labute approximate surface area is 75.6 Å². The number of allylic oxidation sites excluding steroid dienone is 4. The largest absolute Gasteiger partial charge is 0.256 e. The average Bonchev–Trinajstić information content (AvgIpc) is 2.18. The number of aromatic nitrogens is 1. The standard InChI is InChI=1S/C11H11N/c1-3-4-7-10(2)11-8-5-6-9-12-11/h3-9H,1-2H2/i5D,8D. The van der Waals surface area contributed by atoms with Crippen molar-refractivity contribution in [3.8, 4) is 0 Å². The van der Waals surface area contributed by atoms with Crippen LogP contribution in [0.5, 0.6) is 0 Å². The number of nitrogens with zero attached hydrogens (tertiary/aromatic N) is 1. The summed E-state index contributed by atoms with van der Waals surface area (Å²) in [5.74, 6) is 0. The minimum Gasteiger partial charge on any atom is -0.256 e. The first-order chi connectivity index (χ1) is 6.66. The molecule has 0 spiro atoms. The first kappa shape index (κ1) is 5.95. The normalized spacial score (nSPS) is 12.3. The maximum Gasteiger partial charge on any atom is 0.0695 e. The molecule has 0 radical (unpaired) electrons. The molecule has 60 valence electrons. The van der Waals surface area contributed by atoms with Crippen LogP contribution in [0.4, 0.5) is 0 Å². The Morgan fingerprint density at radius 3 is 3.25 bits per heavy atom. The van der Waals surface area contributed by atoms with Crippen molar-refractivity contribution in [2.45, 2.75) is 0 Å². The lowest BCUT2D eigenvalue weighted by Gasteiger charge is -1.96. The highest BCUT2D eigenvalue weighted by Gasteiger charge is 1.92. The summed E-state index contributed by atoms with van der Waals surface area (Å²) in [5, 5.41) is 0. The van der Waals surface area contributed by atoms with Crippen molar-refractivity contribution in [2.24, 2.45) is 0 Å². The molecule has 1 heteroatoms. The van der Waals surface area contributed by atoms with Gasteiger partial charge in [0.15, 0.2) is 0 Å². The van der Waals surface area contributed by atoms with Gasteiger partial charge < -0.3 is 0 Å². The van der Waals surface area contributed by atoms with E-state index in [0.29, 0.717) is 11.3 Å². The van der Waals surface area contributed by atoms with E-state index >= 15 is 0 Å². The van der Waals surface area contributed by atoms with Crippen molar-refractivity contribution in [3.63, 3.8) is 0 Å². The monoisotopic (exact) mass is 159 g/mol. The Bertz CT molecular complexity index is 394. The molecule has 0 bridgehead atoms. The van der Waals surface area contributed by atoms with E-state index in [1.807, 2.05) is 0 Å². The highest BCUT2D eigenvalue weighted by molar-refractivity contribution is 5.69. The molecule has 0 amide bonds. The van der Waals surface area contributed by atoms with Gasteiger partial charge in [-0.15, -0.1) is 0 Å². The van der Waals surface area contributed by atoms with Gasteiger partial charge in [0.1, 0.15) is 0 Å². The summed E-state index contributed by atoms with van der Waals surface area (Å²) >= 11 is 0. The lowest BCUT2D eigenvalue weighted by molar-refractivity contribution is 1.28. The first-order valence-electron chi connectivity index (χ1n) is 4.57. The van der Waals surface area contributed by atoms with E-state index in [0.717, 1.165) is 0 Å². The first-order valence-corrected chi connectivity index (χ1v) is 3.57. The van der Waals surface area contributed by atoms with Gasteiger partial charge in [-0.2, -0.15) is 0 Å². The maximum absolute atomic E-state index is 7.59. The summed E-state index contributed by atoms with van der Waals surface area (Å²) in [6, 6.07) is 1.74. The molecule has 0 fully saturated rings. The van der Waals surface area contributed by atoms with Crippen molar-refractivity contribution in [3.05, 3.63) is 61.4 Å². The van der Waals surface area contributed by atoms with Gasteiger partial charge in [0, 0.05) is 6.20 Å². The topological polar surface area (TPSA) is 12.9 Å². The van der Waals surface area contributed by atoms with Crippen LogP contribution in [-0.2, 0) is 0 Å². The number of rotatable bonds is 3. The van der Waals surface area contributed by atoms with Crippen LogP contribution in [0.15, 0.2) is 55.7 Å². The quantitative estimate of drug-likeness (QED) is 0.618. The molecular formula is C11H11N. The fraction of sp³-hybridized carbons (Fsp3) is 0. The summed E-state index contributed by atoms with van der Waals surface area (Å²) in [6.45, 7) is 7.30. The molecule has 0 aliphatic heterocycles. The zero-order valence-corrected chi connectivity index (χ0v) is 6.75. The lowest BCUT2D eigenvalue weighted by Crippen LogP contribution is -1.82. The van der Waals surface area contributed by atoms with Crippen LogP contribution in [0, 0.1) is 0 Å². The summed E-state index contributed by atoms with van der Waals surface area (Å²) < 4.78 is 15.0. The average molecular weight is 159 g/mol. The predicted molar refractivity (Wildman–Crippen MR) is 52.6 cm³/mol. The van der Waals surface area contributed by atoms with Crippen molar-refractivity contribution in [2.75, 3.05) is 0 Å². The third kappa shape index (κ3) is 2.20. The zero-order chi connectivity index (χ0) is 10.6. The molecule has 0 aliphatic rings. The van der Waals surface area contributed by atoms with Gasteiger partial charge in [-0.05, 0) is 17.7 Å². The fourth-order valence-corrected chi connectivity index (χ4v) is 0.718. The van der Waals surface area contributed by atoms with Gasteiger partial charge in [0.2, 0.25) is 0 Å². The van der Waals surface area contributed by atoms with Crippen LogP contribution in [0.3, 0.4) is 0 Å². The molecule has 1 aromatic rings. The van der Waals surface area contributed by atoms with Crippen LogP contribution in [0.1, 0.15) is 8.44 Å². The summed E-state index contributed by atoms with van der Waals surface area (Å²) in [7, 11) is 0.